The molecule has 0 aliphatic rings. The number of pyridine rings is 1. The maximum absolute atomic E-state index is 12.8. The van der Waals surface area contributed by atoms with Gasteiger partial charge in [0, 0.05) is 5.56 Å². The van der Waals surface area contributed by atoms with Crippen molar-refractivity contribution >= 4 is 69.6 Å². The Morgan fingerprint density at radius 1 is 0.727 bits per heavy atom. The van der Waals surface area contributed by atoms with Crippen LogP contribution in [0.15, 0.2) is 12.1 Å². The molecule has 10 heteroatoms. The third-order valence-corrected chi connectivity index (χ3v) is 5.05. The minimum Gasteiger partial charge on any atom is -0.232 e. The Labute approximate surface area is 152 Å². The molecule has 1 nitrogen and oxygen atoms in total. The van der Waals surface area contributed by atoms with Crippen LogP contribution in [-0.4, -0.2) is 4.98 Å². The first-order valence-corrected chi connectivity index (χ1v) is 7.57. The molecule has 0 aliphatic heterocycles. The lowest BCUT2D eigenvalue weighted by Gasteiger charge is -2.14. The molecule has 2 aromatic rings. The molecule has 1 heterocycles. The molecule has 1 aromatic heterocycles. The van der Waals surface area contributed by atoms with Gasteiger partial charge in [0.25, 0.3) is 0 Å². The fraction of sp³-hybridized carbons (Fsp3) is 0.0833. The van der Waals surface area contributed by atoms with Gasteiger partial charge in [0.2, 0.25) is 0 Å². The monoisotopic (exact) mass is 427 g/mol. The van der Waals surface area contributed by atoms with Gasteiger partial charge < -0.3 is 0 Å². The molecule has 118 valence electrons. The fourth-order valence-electron chi connectivity index (χ4n) is 1.64. The summed E-state index contributed by atoms with van der Waals surface area (Å²) in [5.41, 5.74) is -1.26. The summed E-state index contributed by atoms with van der Waals surface area (Å²) in [7, 11) is 0. The quantitative estimate of drug-likeness (QED) is 0.257. The molecule has 0 aliphatic carbocycles. The predicted octanol–water partition coefficient (Wildman–Crippen LogP) is 7.69. The Kier molecular flexibility index (Phi) is 5.32. The van der Waals surface area contributed by atoms with Crippen molar-refractivity contribution in [2.75, 3.05) is 0 Å². The van der Waals surface area contributed by atoms with E-state index in [0.717, 1.165) is 12.1 Å². The Hall–Kier alpha value is -0.100. The Balaban J connectivity index is 2.81. The number of rotatable bonds is 1. The highest BCUT2D eigenvalue weighted by Crippen LogP contribution is 2.48. The summed E-state index contributed by atoms with van der Waals surface area (Å²) in [6, 6.07) is 1.89. The maximum atomic E-state index is 12.8. The van der Waals surface area contributed by atoms with E-state index in [1.165, 1.54) is 0 Å². The van der Waals surface area contributed by atoms with E-state index in [1.807, 2.05) is 0 Å². The number of benzene rings is 1. The lowest BCUT2D eigenvalue weighted by molar-refractivity contribution is -0.141. The smallest absolute Gasteiger partial charge is 0.232 e. The van der Waals surface area contributed by atoms with Crippen molar-refractivity contribution < 1.29 is 13.2 Å². The molecule has 0 bridgehead atoms. The fourth-order valence-corrected chi connectivity index (χ4v) is 3.21. The highest BCUT2D eigenvalue weighted by Gasteiger charge is 2.34. The third-order valence-electron chi connectivity index (χ3n) is 2.58. The first kappa shape index (κ1) is 18.2. The SMILES string of the molecule is FC(F)(F)c1cc(-c2c(Cl)c(Cl)c(Cl)c(Cl)c2Cl)cc(Cl)n1. The lowest BCUT2D eigenvalue weighted by Crippen LogP contribution is -2.08. The Bertz CT molecular complexity index is 730. The van der Waals surface area contributed by atoms with Gasteiger partial charge in [-0.3, -0.25) is 0 Å². The van der Waals surface area contributed by atoms with Gasteiger partial charge >= 0.3 is 6.18 Å². The normalized spacial score (nSPS) is 11.9. The summed E-state index contributed by atoms with van der Waals surface area (Å²) in [6.45, 7) is 0. The van der Waals surface area contributed by atoms with Crippen LogP contribution in [0.4, 0.5) is 13.2 Å². The van der Waals surface area contributed by atoms with E-state index in [4.69, 9.17) is 69.6 Å². The Morgan fingerprint density at radius 2 is 1.18 bits per heavy atom. The number of halogens is 9. The second kappa shape index (κ2) is 6.42. The topological polar surface area (TPSA) is 12.9 Å². The van der Waals surface area contributed by atoms with Crippen LogP contribution in [0.1, 0.15) is 5.69 Å². The summed E-state index contributed by atoms with van der Waals surface area (Å²) in [6.07, 6.45) is -4.70. The van der Waals surface area contributed by atoms with Crippen molar-refractivity contribution in [2.24, 2.45) is 0 Å². The zero-order chi connectivity index (χ0) is 16.8. The summed E-state index contributed by atoms with van der Waals surface area (Å²) < 4.78 is 38.5. The molecule has 0 atom stereocenters. The second-order valence-corrected chi connectivity index (χ2v) is 6.28. The van der Waals surface area contributed by atoms with Crippen LogP contribution in [0.3, 0.4) is 0 Å². The van der Waals surface area contributed by atoms with Gasteiger partial charge in [0.05, 0.1) is 25.1 Å². The number of alkyl halides is 3. The first-order chi connectivity index (χ1) is 10.0. The molecular weight excluding hydrogens is 428 g/mol. The van der Waals surface area contributed by atoms with Crippen molar-refractivity contribution in [1.82, 2.24) is 4.98 Å². The van der Waals surface area contributed by atoms with Crippen LogP contribution in [-0.2, 0) is 6.18 Å². The highest BCUT2D eigenvalue weighted by atomic mass is 35.5. The van der Waals surface area contributed by atoms with E-state index >= 15 is 0 Å². The van der Waals surface area contributed by atoms with Crippen LogP contribution in [0.5, 0.6) is 0 Å². The van der Waals surface area contributed by atoms with Gasteiger partial charge in [-0.25, -0.2) is 4.98 Å². The summed E-state index contributed by atoms with van der Waals surface area (Å²) >= 11 is 35.3. The first-order valence-electron chi connectivity index (χ1n) is 5.30. The molecule has 22 heavy (non-hydrogen) atoms. The lowest BCUT2D eigenvalue weighted by atomic mass is 10.1. The van der Waals surface area contributed by atoms with Crippen molar-refractivity contribution in [3.63, 3.8) is 0 Å². The molecule has 0 radical (unpaired) electrons. The summed E-state index contributed by atoms with van der Waals surface area (Å²) in [4.78, 5) is 3.21. The molecule has 0 amide bonds. The van der Waals surface area contributed by atoms with Gasteiger partial charge in [-0.05, 0) is 17.7 Å². The molecule has 2 rings (SSSR count). The van der Waals surface area contributed by atoms with E-state index < -0.39 is 11.9 Å². The minimum absolute atomic E-state index is 0.0162. The van der Waals surface area contributed by atoms with Crippen LogP contribution in [0, 0.1) is 0 Å². The molecule has 0 spiro atoms. The number of nitrogens with zero attached hydrogens (tertiary/aromatic N) is 1. The molecule has 0 saturated carbocycles. The number of hydrogen-bond donors (Lipinski definition) is 0. The van der Waals surface area contributed by atoms with E-state index in [1.54, 1.807) is 0 Å². The summed E-state index contributed by atoms with van der Waals surface area (Å²) in [5.74, 6) is 0. The van der Waals surface area contributed by atoms with E-state index in [9.17, 15) is 13.2 Å². The van der Waals surface area contributed by atoms with Gasteiger partial charge in [-0.1, -0.05) is 69.6 Å². The maximum Gasteiger partial charge on any atom is 0.433 e. The zero-order valence-corrected chi connectivity index (χ0v) is 14.5. The molecule has 0 saturated heterocycles. The van der Waals surface area contributed by atoms with Gasteiger partial charge in [-0.15, -0.1) is 0 Å². The third kappa shape index (κ3) is 3.37. The van der Waals surface area contributed by atoms with E-state index in [2.05, 4.69) is 4.98 Å². The highest BCUT2D eigenvalue weighted by molar-refractivity contribution is 6.56. The van der Waals surface area contributed by atoms with Gasteiger partial charge in [0.1, 0.15) is 10.8 Å². The van der Waals surface area contributed by atoms with Crippen molar-refractivity contribution in [2.45, 2.75) is 6.18 Å². The Morgan fingerprint density at radius 3 is 1.64 bits per heavy atom. The second-order valence-electron chi connectivity index (χ2n) is 4.01. The minimum atomic E-state index is -4.70. The van der Waals surface area contributed by atoms with Gasteiger partial charge in [-0.2, -0.15) is 13.2 Å². The van der Waals surface area contributed by atoms with Crippen LogP contribution >= 0.6 is 69.6 Å². The van der Waals surface area contributed by atoms with E-state index in [-0.39, 0.29) is 41.4 Å². The van der Waals surface area contributed by atoms with Crippen molar-refractivity contribution in [3.05, 3.63) is 48.1 Å². The van der Waals surface area contributed by atoms with Crippen LogP contribution in [0.2, 0.25) is 30.3 Å². The predicted molar refractivity (Wildman–Crippen MR) is 84.7 cm³/mol. The number of hydrogen-bond acceptors (Lipinski definition) is 1. The molecular formula is C12H2Cl6F3N. The van der Waals surface area contributed by atoms with Crippen molar-refractivity contribution in [1.29, 1.82) is 0 Å². The van der Waals surface area contributed by atoms with Gasteiger partial charge in [0.15, 0.2) is 0 Å². The molecule has 0 unspecified atom stereocenters. The molecule has 0 N–H and O–H groups in total. The average Bonchev–Trinajstić information content (AvgIpc) is 2.42. The van der Waals surface area contributed by atoms with E-state index in [0.29, 0.717) is 0 Å². The largest absolute Gasteiger partial charge is 0.433 e. The standard InChI is InChI=1S/C12H2Cl6F3N/c13-5-2-3(1-4(22-5)12(19,20)21)6-7(14)9(16)11(18)10(17)8(6)15/h1-2H. The van der Waals surface area contributed by atoms with Crippen LogP contribution in [0.25, 0.3) is 11.1 Å². The van der Waals surface area contributed by atoms with Crippen LogP contribution < -0.4 is 0 Å². The average molecular weight is 430 g/mol. The number of aromatic nitrogens is 1. The van der Waals surface area contributed by atoms with Crippen molar-refractivity contribution in [3.8, 4) is 11.1 Å². The zero-order valence-electron chi connectivity index (χ0n) is 10.0. The summed E-state index contributed by atoms with van der Waals surface area (Å²) in [5, 5.41) is -1.03. The molecule has 0 fully saturated rings. The molecule has 1 aromatic carbocycles.